The molecule has 0 saturated carbocycles. The zero-order valence-electron chi connectivity index (χ0n) is 18.6. The Morgan fingerprint density at radius 1 is 1.27 bits per heavy atom. The van der Waals surface area contributed by atoms with Gasteiger partial charge in [-0.3, -0.25) is 4.79 Å². The van der Waals surface area contributed by atoms with E-state index in [1.807, 2.05) is 52.0 Å². The lowest BCUT2D eigenvalue weighted by molar-refractivity contribution is -0.156. The molecule has 1 aromatic carbocycles. The molecule has 2 heterocycles. The molecule has 0 spiro atoms. The Kier molecular flexibility index (Phi) is 6.56. The highest BCUT2D eigenvalue weighted by Crippen LogP contribution is 2.49. The molecular formula is C24H33NO5. The van der Waals surface area contributed by atoms with Crippen molar-refractivity contribution in [3.63, 3.8) is 0 Å². The number of hydrogen-bond acceptors (Lipinski definition) is 5. The van der Waals surface area contributed by atoms with Crippen LogP contribution in [-0.2, 0) is 19.1 Å². The largest absolute Gasteiger partial charge is 0.488 e. The summed E-state index contributed by atoms with van der Waals surface area (Å²) in [7, 11) is 0. The van der Waals surface area contributed by atoms with Gasteiger partial charge >= 0.3 is 5.97 Å². The smallest absolute Gasteiger partial charge is 0.329 e. The van der Waals surface area contributed by atoms with Crippen molar-refractivity contribution in [3.8, 4) is 0 Å². The van der Waals surface area contributed by atoms with E-state index in [-0.39, 0.29) is 18.3 Å². The van der Waals surface area contributed by atoms with Crippen LogP contribution in [0.1, 0.15) is 57.7 Å². The minimum Gasteiger partial charge on any atom is -0.488 e. The molecule has 1 saturated heterocycles. The summed E-state index contributed by atoms with van der Waals surface area (Å²) in [5.41, 5.74) is 1.35. The predicted molar refractivity (Wildman–Crippen MR) is 113 cm³/mol. The molecule has 30 heavy (non-hydrogen) atoms. The van der Waals surface area contributed by atoms with Crippen molar-refractivity contribution in [2.24, 2.45) is 11.3 Å². The molecule has 164 valence electrons. The van der Waals surface area contributed by atoms with Gasteiger partial charge in [0.05, 0.1) is 25.4 Å². The molecule has 1 fully saturated rings. The van der Waals surface area contributed by atoms with Gasteiger partial charge < -0.3 is 19.5 Å². The Morgan fingerprint density at radius 2 is 1.97 bits per heavy atom. The third-order valence-corrected chi connectivity index (χ3v) is 6.05. The number of ether oxygens (including phenoxy) is 2. The number of rotatable bonds is 4. The van der Waals surface area contributed by atoms with Crippen molar-refractivity contribution in [2.45, 2.75) is 65.6 Å². The summed E-state index contributed by atoms with van der Waals surface area (Å²) in [5.74, 6) is -1.10. The van der Waals surface area contributed by atoms with Gasteiger partial charge in [0.1, 0.15) is 6.04 Å². The summed E-state index contributed by atoms with van der Waals surface area (Å²) in [6, 6.07) is 6.10. The summed E-state index contributed by atoms with van der Waals surface area (Å²) in [5, 5.41) is 11.5. The van der Waals surface area contributed by atoms with Gasteiger partial charge in [-0.1, -0.05) is 45.0 Å². The quantitative estimate of drug-likeness (QED) is 0.762. The number of benzene rings is 1. The number of aryl methyl sites for hydroxylation is 1. The molecule has 6 heteroatoms. The van der Waals surface area contributed by atoms with Gasteiger partial charge in [0.15, 0.2) is 5.76 Å². The van der Waals surface area contributed by atoms with E-state index in [0.29, 0.717) is 6.61 Å². The zero-order chi connectivity index (χ0) is 22.1. The van der Waals surface area contributed by atoms with Gasteiger partial charge in [0, 0.05) is 5.92 Å². The Balaban J connectivity index is 2.17. The standard InChI is InChI=1S/C24H33NO5/c1-6-29-23(28)20-18(24(3,4)5)21(26)19(16-12-8-7-11-15(16)2)25(20)22(27)17-13-9-10-14-30-17/h7-8,11-13,18-21,26H,6,9-10,14H2,1-5H3/t18-,19+,20+,21+/m1/s1. The number of carbonyl (C=O) groups is 2. The van der Waals surface area contributed by atoms with Crippen molar-refractivity contribution in [3.05, 3.63) is 47.2 Å². The summed E-state index contributed by atoms with van der Waals surface area (Å²) in [6.45, 7) is 10.3. The molecule has 0 unspecified atom stereocenters. The third kappa shape index (κ3) is 4.10. The van der Waals surface area contributed by atoms with Gasteiger partial charge in [0.25, 0.3) is 5.91 Å². The number of allylic oxidation sites excluding steroid dienone is 1. The predicted octanol–water partition coefficient (Wildman–Crippen LogP) is 3.53. The van der Waals surface area contributed by atoms with Crippen LogP contribution in [0.5, 0.6) is 0 Å². The maximum absolute atomic E-state index is 13.6. The normalized spacial score (nSPS) is 26.7. The Hall–Kier alpha value is -2.34. The first-order chi connectivity index (χ1) is 14.2. The van der Waals surface area contributed by atoms with Gasteiger partial charge in [-0.15, -0.1) is 0 Å². The van der Waals surface area contributed by atoms with Crippen LogP contribution < -0.4 is 0 Å². The minimum absolute atomic E-state index is 0.207. The number of nitrogens with zero attached hydrogens (tertiary/aromatic N) is 1. The van der Waals surface area contributed by atoms with E-state index in [0.717, 1.165) is 24.0 Å². The van der Waals surface area contributed by atoms with Crippen molar-refractivity contribution < 1.29 is 24.2 Å². The minimum atomic E-state index is -0.923. The highest BCUT2D eigenvalue weighted by Gasteiger charge is 2.58. The lowest BCUT2D eigenvalue weighted by atomic mass is 9.73. The molecule has 4 atom stereocenters. The summed E-state index contributed by atoms with van der Waals surface area (Å²) >= 11 is 0. The van der Waals surface area contributed by atoms with E-state index in [4.69, 9.17) is 9.47 Å². The van der Waals surface area contributed by atoms with E-state index < -0.39 is 35.5 Å². The molecule has 0 aliphatic carbocycles. The van der Waals surface area contributed by atoms with Crippen LogP contribution in [-0.4, -0.2) is 47.2 Å². The van der Waals surface area contributed by atoms with Crippen molar-refractivity contribution in [2.75, 3.05) is 13.2 Å². The molecule has 1 aromatic rings. The number of amides is 1. The SMILES string of the molecule is CCOC(=O)[C@@H]1[C@@H](C(C)(C)C)[C@H](O)[C@H](c2ccccc2C)N1C(=O)C1=CCCCO1. The monoisotopic (exact) mass is 415 g/mol. The fourth-order valence-corrected chi connectivity index (χ4v) is 4.71. The fourth-order valence-electron chi connectivity index (χ4n) is 4.71. The van der Waals surface area contributed by atoms with Gasteiger partial charge in [0.2, 0.25) is 0 Å². The number of hydrogen-bond donors (Lipinski definition) is 1. The van der Waals surface area contributed by atoms with Crippen LogP contribution in [0.4, 0.5) is 0 Å². The fraction of sp³-hybridized carbons (Fsp3) is 0.583. The maximum atomic E-state index is 13.6. The Labute approximate surface area is 178 Å². The topological polar surface area (TPSA) is 76.1 Å². The highest BCUT2D eigenvalue weighted by molar-refractivity contribution is 5.96. The molecule has 0 bridgehead atoms. The van der Waals surface area contributed by atoms with E-state index in [9.17, 15) is 14.7 Å². The summed E-state index contributed by atoms with van der Waals surface area (Å²) in [6.07, 6.45) is 2.46. The van der Waals surface area contributed by atoms with Crippen LogP contribution in [0.25, 0.3) is 0 Å². The van der Waals surface area contributed by atoms with Crippen molar-refractivity contribution in [1.82, 2.24) is 4.90 Å². The van der Waals surface area contributed by atoms with Gasteiger partial charge in [-0.2, -0.15) is 0 Å². The van der Waals surface area contributed by atoms with E-state index in [2.05, 4.69) is 0 Å². The lowest BCUT2D eigenvalue weighted by Crippen LogP contribution is -2.48. The van der Waals surface area contributed by atoms with Crippen LogP contribution in [0.2, 0.25) is 0 Å². The first-order valence-corrected chi connectivity index (χ1v) is 10.7. The number of esters is 1. The molecule has 2 aliphatic rings. The molecule has 0 aromatic heterocycles. The number of likely N-dealkylation sites (tertiary alicyclic amines) is 1. The second kappa shape index (κ2) is 8.80. The average molecular weight is 416 g/mol. The van der Waals surface area contributed by atoms with E-state index in [1.54, 1.807) is 13.0 Å². The molecule has 1 N–H and O–H groups in total. The summed E-state index contributed by atoms with van der Waals surface area (Å²) < 4.78 is 11.0. The molecular weight excluding hydrogens is 382 g/mol. The van der Waals surface area contributed by atoms with Crippen molar-refractivity contribution >= 4 is 11.9 Å². The molecule has 1 amide bonds. The second-order valence-electron chi connectivity index (χ2n) is 9.15. The zero-order valence-corrected chi connectivity index (χ0v) is 18.6. The first kappa shape index (κ1) is 22.3. The molecule has 0 radical (unpaired) electrons. The summed E-state index contributed by atoms with van der Waals surface area (Å²) in [4.78, 5) is 28.3. The first-order valence-electron chi connectivity index (χ1n) is 10.7. The molecule has 3 rings (SSSR count). The van der Waals surface area contributed by atoms with E-state index in [1.165, 1.54) is 4.90 Å². The van der Waals surface area contributed by atoms with Crippen LogP contribution >= 0.6 is 0 Å². The maximum Gasteiger partial charge on any atom is 0.329 e. The van der Waals surface area contributed by atoms with Gasteiger partial charge in [-0.05, 0) is 49.3 Å². The third-order valence-electron chi connectivity index (χ3n) is 6.05. The number of aliphatic hydroxyl groups excluding tert-OH is 1. The van der Waals surface area contributed by atoms with Crippen LogP contribution in [0.3, 0.4) is 0 Å². The number of aliphatic hydroxyl groups is 1. The second-order valence-corrected chi connectivity index (χ2v) is 9.15. The van der Waals surface area contributed by atoms with Crippen LogP contribution in [0, 0.1) is 18.3 Å². The van der Waals surface area contributed by atoms with Crippen molar-refractivity contribution in [1.29, 1.82) is 0 Å². The van der Waals surface area contributed by atoms with Crippen LogP contribution in [0.15, 0.2) is 36.1 Å². The number of carbonyl (C=O) groups excluding carboxylic acids is 2. The highest BCUT2D eigenvalue weighted by atomic mass is 16.5. The Morgan fingerprint density at radius 3 is 2.53 bits per heavy atom. The van der Waals surface area contributed by atoms with E-state index >= 15 is 0 Å². The van der Waals surface area contributed by atoms with Gasteiger partial charge in [-0.25, -0.2) is 4.79 Å². The average Bonchev–Trinajstić information content (AvgIpc) is 3.02. The molecule has 6 nitrogen and oxygen atoms in total. The lowest BCUT2D eigenvalue weighted by Gasteiger charge is -2.34. The molecule has 2 aliphatic heterocycles. The Bertz CT molecular complexity index is 825.